The van der Waals surface area contributed by atoms with E-state index in [4.69, 9.17) is 0 Å². The zero-order valence-electron chi connectivity index (χ0n) is 15.1. The van der Waals surface area contributed by atoms with Crippen molar-refractivity contribution >= 4 is 5.96 Å². The van der Waals surface area contributed by atoms with E-state index in [1.54, 1.807) is 6.07 Å². The molecule has 0 amide bonds. The van der Waals surface area contributed by atoms with E-state index in [0.29, 0.717) is 13.0 Å². The van der Waals surface area contributed by atoms with E-state index in [1.165, 1.54) is 6.07 Å². The summed E-state index contributed by atoms with van der Waals surface area (Å²) in [6, 6.07) is 6.89. The summed E-state index contributed by atoms with van der Waals surface area (Å²) in [6.45, 7) is 7.25. The summed E-state index contributed by atoms with van der Waals surface area (Å²) in [5, 5.41) is 6.49. The molecule has 0 bridgehead atoms. The first kappa shape index (κ1) is 19.0. The summed E-state index contributed by atoms with van der Waals surface area (Å²) in [5.74, 6) is 1.69. The Morgan fingerprint density at radius 2 is 2.08 bits per heavy atom. The van der Waals surface area contributed by atoms with Crippen LogP contribution in [0, 0.1) is 12.7 Å². The highest BCUT2D eigenvalue weighted by molar-refractivity contribution is 5.79. The van der Waals surface area contributed by atoms with Crippen LogP contribution in [0.25, 0.3) is 0 Å². The van der Waals surface area contributed by atoms with Gasteiger partial charge in [-0.15, -0.1) is 0 Å². The van der Waals surface area contributed by atoms with E-state index in [2.05, 4.69) is 25.2 Å². The van der Waals surface area contributed by atoms with Crippen LogP contribution >= 0.6 is 0 Å². The van der Waals surface area contributed by atoms with Crippen LogP contribution in [0.3, 0.4) is 0 Å². The molecule has 25 heavy (non-hydrogen) atoms. The summed E-state index contributed by atoms with van der Waals surface area (Å²) in [6.07, 6.45) is 6.55. The minimum atomic E-state index is -0.152. The Morgan fingerprint density at radius 3 is 2.80 bits per heavy atom. The van der Waals surface area contributed by atoms with Crippen molar-refractivity contribution in [1.29, 1.82) is 0 Å². The third-order valence-electron chi connectivity index (χ3n) is 3.99. The SMILES string of the molecule is CCNC(=NCCCCn1ccnc1C)NCCc1ccccc1F. The Bertz CT molecular complexity index is 665. The number of aryl methyl sites for hydroxylation is 2. The van der Waals surface area contributed by atoms with Crippen LogP contribution in [-0.2, 0) is 13.0 Å². The molecule has 0 aliphatic carbocycles. The topological polar surface area (TPSA) is 54.2 Å². The van der Waals surface area contributed by atoms with Gasteiger partial charge in [0.05, 0.1) is 0 Å². The standard InChI is InChI=1S/C19H28FN5/c1-3-21-19(24-12-10-17-8-4-5-9-18(17)20)23-11-6-7-14-25-15-13-22-16(25)2/h4-5,8-9,13,15H,3,6-7,10-12,14H2,1-2H3,(H2,21,23,24). The molecular formula is C19H28FN5. The van der Waals surface area contributed by atoms with E-state index in [1.807, 2.05) is 38.4 Å². The van der Waals surface area contributed by atoms with Crippen LogP contribution in [0.1, 0.15) is 31.2 Å². The molecule has 0 radical (unpaired) electrons. The predicted molar refractivity (Wildman–Crippen MR) is 100 cm³/mol. The van der Waals surface area contributed by atoms with Gasteiger partial charge in [0.1, 0.15) is 11.6 Å². The van der Waals surface area contributed by atoms with Crippen LogP contribution < -0.4 is 10.6 Å². The lowest BCUT2D eigenvalue weighted by molar-refractivity contribution is 0.599. The molecule has 136 valence electrons. The van der Waals surface area contributed by atoms with Crippen molar-refractivity contribution in [3.05, 3.63) is 53.9 Å². The number of aromatic nitrogens is 2. The molecule has 0 aliphatic heterocycles. The zero-order valence-corrected chi connectivity index (χ0v) is 15.1. The number of guanidine groups is 1. The number of halogens is 1. The second-order valence-electron chi connectivity index (χ2n) is 5.90. The van der Waals surface area contributed by atoms with Crippen molar-refractivity contribution in [2.75, 3.05) is 19.6 Å². The van der Waals surface area contributed by atoms with Gasteiger partial charge in [0.15, 0.2) is 5.96 Å². The summed E-state index contributed by atoms with van der Waals surface area (Å²) in [4.78, 5) is 8.81. The minimum absolute atomic E-state index is 0.152. The molecule has 2 rings (SSSR count). The Hall–Kier alpha value is -2.37. The van der Waals surface area contributed by atoms with Gasteiger partial charge < -0.3 is 15.2 Å². The van der Waals surface area contributed by atoms with Gasteiger partial charge in [-0.2, -0.15) is 0 Å². The summed E-state index contributed by atoms with van der Waals surface area (Å²) in [5.41, 5.74) is 0.724. The lowest BCUT2D eigenvalue weighted by atomic mass is 10.1. The maximum atomic E-state index is 13.6. The van der Waals surface area contributed by atoms with Gasteiger partial charge in [-0.1, -0.05) is 18.2 Å². The number of benzene rings is 1. The van der Waals surface area contributed by atoms with Gasteiger partial charge in [-0.25, -0.2) is 9.37 Å². The smallest absolute Gasteiger partial charge is 0.191 e. The quantitative estimate of drug-likeness (QED) is 0.417. The average Bonchev–Trinajstić information content (AvgIpc) is 3.01. The van der Waals surface area contributed by atoms with Crippen molar-refractivity contribution in [2.45, 2.75) is 39.7 Å². The van der Waals surface area contributed by atoms with Gasteiger partial charge in [0, 0.05) is 38.6 Å². The largest absolute Gasteiger partial charge is 0.357 e. The van der Waals surface area contributed by atoms with Crippen molar-refractivity contribution in [1.82, 2.24) is 20.2 Å². The molecule has 0 fully saturated rings. The molecule has 5 nitrogen and oxygen atoms in total. The van der Waals surface area contributed by atoms with Crippen LogP contribution in [0.2, 0.25) is 0 Å². The minimum Gasteiger partial charge on any atom is -0.357 e. The Balaban J connectivity index is 1.70. The monoisotopic (exact) mass is 345 g/mol. The number of nitrogens with one attached hydrogen (secondary N) is 2. The highest BCUT2D eigenvalue weighted by Gasteiger charge is 2.02. The van der Waals surface area contributed by atoms with Crippen molar-refractivity contribution < 1.29 is 4.39 Å². The van der Waals surface area contributed by atoms with E-state index >= 15 is 0 Å². The molecule has 0 spiro atoms. The van der Waals surface area contributed by atoms with Crippen LogP contribution in [0.4, 0.5) is 4.39 Å². The maximum absolute atomic E-state index is 13.6. The molecular weight excluding hydrogens is 317 g/mol. The number of imidazole rings is 1. The molecule has 0 aliphatic rings. The first-order chi connectivity index (χ1) is 12.2. The molecule has 0 saturated carbocycles. The number of nitrogens with zero attached hydrogens (tertiary/aromatic N) is 3. The third kappa shape index (κ3) is 6.57. The number of aliphatic imine (C=N–C) groups is 1. The Kier molecular flexibility index (Phi) is 7.95. The number of hydrogen-bond donors (Lipinski definition) is 2. The predicted octanol–water partition coefficient (Wildman–Crippen LogP) is 2.91. The summed E-state index contributed by atoms with van der Waals surface area (Å²) >= 11 is 0. The Labute approximate surface area is 149 Å². The molecule has 2 aromatic rings. The van der Waals surface area contributed by atoms with Crippen LogP contribution in [0.15, 0.2) is 41.7 Å². The van der Waals surface area contributed by atoms with E-state index in [-0.39, 0.29) is 5.82 Å². The second kappa shape index (κ2) is 10.5. The van der Waals surface area contributed by atoms with Gasteiger partial charge in [0.2, 0.25) is 0 Å². The van der Waals surface area contributed by atoms with Crippen LogP contribution in [-0.4, -0.2) is 35.1 Å². The van der Waals surface area contributed by atoms with Gasteiger partial charge in [-0.3, -0.25) is 4.99 Å². The van der Waals surface area contributed by atoms with E-state index in [9.17, 15) is 4.39 Å². The second-order valence-corrected chi connectivity index (χ2v) is 5.90. The van der Waals surface area contributed by atoms with E-state index in [0.717, 1.165) is 49.8 Å². The van der Waals surface area contributed by atoms with Gasteiger partial charge in [-0.05, 0) is 44.7 Å². The van der Waals surface area contributed by atoms with E-state index < -0.39 is 0 Å². The van der Waals surface area contributed by atoms with Crippen molar-refractivity contribution in [3.63, 3.8) is 0 Å². The summed E-state index contributed by atoms with van der Waals surface area (Å²) < 4.78 is 15.8. The number of unbranched alkanes of at least 4 members (excludes halogenated alkanes) is 1. The molecule has 6 heteroatoms. The number of hydrogen-bond acceptors (Lipinski definition) is 2. The molecule has 1 aromatic heterocycles. The van der Waals surface area contributed by atoms with Crippen molar-refractivity contribution in [3.8, 4) is 0 Å². The normalized spacial score (nSPS) is 11.6. The fourth-order valence-electron chi connectivity index (χ4n) is 2.58. The highest BCUT2D eigenvalue weighted by atomic mass is 19.1. The molecule has 0 unspecified atom stereocenters. The third-order valence-corrected chi connectivity index (χ3v) is 3.99. The fourth-order valence-corrected chi connectivity index (χ4v) is 2.58. The molecule has 0 saturated heterocycles. The molecule has 1 aromatic carbocycles. The van der Waals surface area contributed by atoms with Gasteiger partial charge in [0.25, 0.3) is 0 Å². The molecule has 0 atom stereocenters. The van der Waals surface area contributed by atoms with Crippen molar-refractivity contribution in [2.24, 2.45) is 4.99 Å². The first-order valence-electron chi connectivity index (χ1n) is 8.94. The highest BCUT2D eigenvalue weighted by Crippen LogP contribution is 2.06. The zero-order chi connectivity index (χ0) is 17.9. The lowest BCUT2D eigenvalue weighted by Gasteiger charge is -2.11. The molecule has 1 heterocycles. The average molecular weight is 345 g/mol. The lowest BCUT2D eigenvalue weighted by Crippen LogP contribution is -2.38. The molecule has 2 N–H and O–H groups in total. The van der Waals surface area contributed by atoms with Crippen LogP contribution in [0.5, 0.6) is 0 Å². The first-order valence-corrected chi connectivity index (χ1v) is 8.94. The summed E-state index contributed by atoms with van der Waals surface area (Å²) in [7, 11) is 0. The Morgan fingerprint density at radius 1 is 1.24 bits per heavy atom. The van der Waals surface area contributed by atoms with Gasteiger partial charge >= 0.3 is 0 Å². The fraction of sp³-hybridized carbons (Fsp3) is 0.474. The maximum Gasteiger partial charge on any atom is 0.191 e. The number of rotatable bonds is 9.